The molecule has 0 saturated carbocycles. The largest absolute Gasteiger partial charge is 0.493 e. The van der Waals surface area contributed by atoms with Gasteiger partial charge >= 0.3 is 5.97 Å². The number of amides is 1. The van der Waals surface area contributed by atoms with Crippen LogP contribution >= 0.6 is 15.9 Å². The molecule has 0 saturated heterocycles. The van der Waals surface area contributed by atoms with Crippen LogP contribution in [0.2, 0.25) is 0 Å². The second-order valence-electron chi connectivity index (χ2n) is 7.15. The highest BCUT2D eigenvalue weighted by Gasteiger charge is 2.14. The van der Waals surface area contributed by atoms with Gasteiger partial charge in [0.2, 0.25) is 0 Å². The third kappa shape index (κ3) is 6.47. The van der Waals surface area contributed by atoms with Crippen molar-refractivity contribution in [2.75, 3.05) is 7.11 Å². The van der Waals surface area contributed by atoms with Crippen LogP contribution in [0.15, 0.2) is 76.8 Å². The molecule has 3 aromatic rings. The molecule has 34 heavy (non-hydrogen) atoms. The monoisotopic (exact) mass is 520 g/mol. The fourth-order valence-electron chi connectivity index (χ4n) is 3.02. The van der Waals surface area contributed by atoms with Crippen molar-refractivity contribution in [1.29, 1.82) is 5.26 Å². The van der Waals surface area contributed by atoms with Crippen molar-refractivity contribution in [3.8, 4) is 17.6 Å². The van der Waals surface area contributed by atoms with Gasteiger partial charge < -0.3 is 19.9 Å². The van der Waals surface area contributed by atoms with E-state index in [4.69, 9.17) is 14.6 Å². The maximum atomic E-state index is 12.5. The second-order valence-corrected chi connectivity index (χ2v) is 8.01. The van der Waals surface area contributed by atoms with Gasteiger partial charge in [-0.3, -0.25) is 4.79 Å². The Kier molecular flexibility index (Phi) is 8.43. The van der Waals surface area contributed by atoms with Crippen LogP contribution < -0.4 is 14.8 Å². The summed E-state index contributed by atoms with van der Waals surface area (Å²) in [5.41, 5.74) is 2.43. The molecule has 3 rings (SSSR count). The lowest BCUT2D eigenvalue weighted by Crippen LogP contribution is -2.23. The topological polar surface area (TPSA) is 109 Å². The van der Waals surface area contributed by atoms with Crippen molar-refractivity contribution in [1.82, 2.24) is 5.32 Å². The van der Waals surface area contributed by atoms with Crippen molar-refractivity contribution < 1.29 is 24.2 Å². The zero-order valence-electron chi connectivity index (χ0n) is 18.2. The predicted octanol–water partition coefficient (Wildman–Crippen LogP) is 4.96. The highest BCUT2D eigenvalue weighted by Crippen LogP contribution is 2.35. The Morgan fingerprint density at radius 2 is 1.76 bits per heavy atom. The first-order chi connectivity index (χ1) is 16.4. The standard InChI is InChI=1S/C26H21BrN2O5/c1-33-23-12-20(11-21(14-28)25(30)29-15-17-5-3-2-4-6-17)22(27)13-24(23)34-16-18-7-9-19(10-8-18)26(31)32/h2-13H,15-16H2,1H3,(H,29,30)(H,31,32). The Bertz CT molecular complexity index is 1250. The second kappa shape index (κ2) is 11.7. The number of carbonyl (C=O) groups is 2. The number of rotatable bonds is 9. The first-order valence-corrected chi connectivity index (χ1v) is 11.0. The third-order valence-electron chi connectivity index (χ3n) is 4.84. The summed E-state index contributed by atoms with van der Waals surface area (Å²) in [6, 6.07) is 21.1. The number of nitrogens with zero attached hydrogens (tertiary/aromatic N) is 1. The van der Waals surface area contributed by atoms with E-state index >= 15 is 0 Å². The SMILES string of the molecule is COc1cc(C=C(C#N)C(=O)NCc2ccccc2)c(Br)cc1OCc1ccc(C(=O)O)cc1. The molecule has 7 nitrogen and oxygen atoms in total. The van der Waals surface area contributed by atoms with Crippen molar-refractivity contribution in [3.63, 3.8) is 0 Å². The average Bonchev–Trinajstić information content (AvgIpc) is 2.86. The van der Waals surface area contributed by atoms with Crippen LogP contribution in [0.3, 0.4) is 0 Å². The minimum Gasteiger partial charge on any atom is -0.493 e. The molecule has 1 amide bonds. The Morgan fingerprint density at radius 3 is 2.38 bits per heavy atom. The maximum absolute atomic E-state index is 12.5. The number of methoxy groups -OCH3 is 1. The van der Waals surface area contributed by atoms with Gasteiger partial charge in [-0.15, -0.1) is 0 Å². The van der Waals surface area contributed by atoms with E-state index < -0.39 is 11.9 Å². The molecular formula is C26H21BrN2O5. The number of ether oxygens (including phenoxy) is 2. The van der Waals surface area contributed by atoms with Gasteiger partial charge in [-0.05, 0) is 47.0 Å². The smallest absolute Gasteiger partial charge is 0.335 e. The summed E-state index contributed by atoms with van der Waals surface area (Å²) in [6.07, 6.45) is 1.47. The Morgan fingerprint density at radius 1 is 1.06 bits per heavy atom. The molecule has 0 radical (unpaired) electrons. The number of halogens is 1. The van der Waals surface area contributed by atoms with E-state index in [2.05, 4.69) is 21.2 Å². The summed E-state index contributed by atoms with van der Waals surface area (Å²) >= 11 is 3.46. The molecule has 0 aliphatic carbocycles. The Hall–Kier alpha value is -4.09. The fourth-order valence-corrected chi connectivity index (χ4v) is 3.45. The number of hydrogen-bond donors (Lipinski definition) is 2. The number of nitrogens with one attached hydrogen (secondary N) is 1. The minimum atomic E-state index is -0.993. The predicted molar refractivity (Wildman–Crippen MR) is 130 cm³/mol. The number of hydrogen-bond acceptors (Lipinski definition) is 5. The van der Waals surface area contributed by atoms with Gasteiger partial charge in [0.1, 0.15) is 18.2 Å². The molecule has 0 aromatic heterocycles. The normalized spacial score (nSPS) is 10.8. The van der Waals surface area contributed by atoms with Gasteiger partial charge in [0, 0.05) is 11.0 Å². The third-order valence-corrected chi connectivity index (χ3v) is 5.53. The number of nitriles is 1. The van der Waals surface area contributed by atoms with Gasteiger partial charge in [-0.2, -0.15) is 5.26 Å². The molecule has 8 heteroatoms. The van der Waals surface area contributed by atoms with Crippen LogP contribution in [-0.4, -0.2) is 24.1 Å². The lowest BCUT2D eigenvalue weighted by Gasteiger charge is -2.13. The van der Waals surface area contributed by atoms with Crippen LogP contribution in [-0.2, 0) is 17.9 Å². The number of benzene rings is 3. The van der Waals surface area contributed by atoms with Crippen molar-refractivity contribution >= 4 is 33.9 Å². The summed E-state index contributed by atoms with van der Waals surface area (Å²) in [6.45, 7) is 0.507. The van der Waals surface area contributed by atoms with E-state index in [1.807, 2.05) is 36.4 Å². The van der Waals surface area contributed by atoms with Gasteiger partial charge in [0.25, 0.3) is 5.91 Å². The van der Waals surface area contributed by atoms with E-state index in [1.165, 1.54) is 25.3 Å². The summed E-state index contributed by atoms with van der Waals surface area (Å²) in [7, 11) is 1.49. The van der Waals surface area contributed by atoms with Gasteiger partial charge in [-0.25, -0.2) is 4.79 Å². The van der Waals surface area contributed by atoms with Crippen LogP contribution in [0.5, 0.6) is 11.5 Å². The number of carboxylic acids is 1. The first kappa shape index (κ1) is 24.6. The number of carboxylic acid groups (broad SMARTS) is 1. The highest BCUT2D eigenvalue weighted by molar-refractivity contribution is 9.10. The molecule has 0 aliphatic rings. The molecule has 0 unspecified atom stereocenters. The lowest BCUT2D eigenvalue weighted by molar-refractivity contribution is -0.117. The van der Waals surface area contributed by atoms with Crippen molar-refractivity contribution in [2.24, 2.45) is 0 Å². The number of carbonyl (C=O) groups excluding carboxylic acids is 1. The van der Waals surface area contributed by atoms with Gasteiger partial charge in [0.15, 0.2) is 11.5 Å². The molecule has 0 spiro atoms. The van der Waals surface area contributed by atoms with E-state index in [0.29, 0.717) is 28.1 Å². The van der Waals surface area contributed by atoms with E-state index in [1.54, 1.807) is 24.3 Å². The molecule has 0 bridgehead atoms. The lowest BCUT2D eigenvalue weighted by atomic mass is 10.1. The Labute approximate surface area is 205 Å². The molecule has 2 N–H and O–H groups in total. The van der Waals surface area contributed by atoms with E-state index in [0.717, 1.165) is 11.1 Å². The zero-order valence-corrected chi connectivity index (χ0v) is 19.8. The molecule has 3 aromatic carbocycles. The van der Waals surface area contributed by atoms with E-state index in [-0.39, 0.29) is 17.7 Å². The van der Waals surface area contributed by atoms with E-state index in [9.17, 15) is 14.9 Å². The summed E-state index contributed by atoms with van der Waals surface area (Å²) in [5, 5.41) is 21.2. The summed E-state index contributed by atoms with van der Waals surface area (Å²) < 4.78 is 11.9. The summed E-state index contributed by atoms with van der Waals surface area (Å²) in [4.78, 5) is 23.5. The zero-order chi connectivity index (χ0) is 24.5. The average molecular weight is 521 g/mol. The first-order valence-electron chi connectivity index (χ1n) is 10.2. The maximum Gasteiger partial charge on any atom is 0.335 e. The van der Waals surface area contributed by atoms with Crippen LogP contribution in [0.4, 0.5) is 0 Å². The quantitative estimate of drug-likeness (QED) is 0.305. The Balaban J connectivity index is 1.74. The van der Waals surface area contributed by atoms with Crippen molar-refractivity contribution in [2.45, 2.75) is 13.2 Å². The molecule has 172 valence electrons. The van der Waals surface area contributed by atoms with Gasteiger partial charge in [-0.1, -0.05) is 58.4 Å². The molecule has 0 atom stereocenters. The number of aromatic carboxylic acids is 1. The minimum absolute atomic E-state index is 0.0501. The molecule has 0 aliphatic heterocycles. The van der Waals surface area contributed by atoms with Gasteiger partial charge in [0.05, 0.1) is 12.7 Å². The molecule has 0 heterocycles. The fraction of sp³-hybridized carbons (Fsp3) is 0.115. The molecular weight excluding hydrogens is 500 g/mol. The van der Waals surface area contributed by atoms with Crippen LogP contribution in [0, 0.1) is 11.3 Å². The summed E-state index contributed by atoms with van der Waals surface area (Å²) in [5.74, 6) is -0.617. The van der Waals surface area contributed by atoms with Crippen LogP contribution in [0.1, 0.15) is 27.0 Å². The highest BCUT2D eigenvalue weighted by atomic mass is 79.9. The van der Waals surface area contributed by atoms with Crippen molar-refractivity contribution in [3.05, 3.63) is 99.0 Å². The molecule has 0 fully saturated rings. The van der Waals surface area contributed by atoms with Crippen LogP contribution in [0.25, 0.3) is 6.08 Å².